The topological polar surface area (TPSA) is 24.5 Å². The Bertz CT molecular complexity index is 830. The Labute approximate surface area is 181 Å². The molecule has 0 saturated heterocycles. The van der Waals surface area contributed by atoms with Crippen molar-refractivity contribution in [2.24, 2.45) is 0 Å². The zero-order valence-electron chi connectivity index (χ0n) is 18.3. The van der Waals surface area contributed by atoms with E-state index in [1.807, 2.05) is 18.2 Å². The average Bonchev–Trinajstić information content (AvgIpc) is 2.81. The maximum Gasteiger partial charge on any atom is 0.119 e. The summed E-state index contributed by atoms with van der Waals surface area (Å²) in [5, 5.41) is 3.78. The molecule has 30 heavy (non-hydrogen) atoms. The molecule has 0 unspecified atom stereocenters. The van der Waals surface area contributed by atoms with Gasteiger partial charge in [0, 0.05) is 19.1 Å². The van der Waals surface area contributed by atoms with Gasteiger partial charge >= 0.3 is 0 Å². The summed E-state index contributed by atoms with van der Waals surface area (Å²) in [6.45, 7) is 9.26. The molecule has 0 aliphatic heterocycles. The smallest absolute Gasteiger partial charge is 0.119 e. The van der Waals surface area contributed by atoms with Crippen LogP contribution in [0.25, 0.3) is 0 Å². The molecule has 0 fully saturated rings. The average molecular weight is 403 g/mol. The van der Waals surface area contributed by atoms with Crippen molar-refractivity contribution in [3.63, 3.8) is 0 Å². The fourth-order valence-corrected chi connectivity index (χ4v) is 3.63. The number of hydrogen-bond acceptors (Lipinski definition) is 3. The Morgan fingerprint density at radius 2 is 1.37 bits per heavy atom. The molecule has 0 heterocycles. The first kappa shape index (κ1) is 22.1. The molecule has 0 aliphatic carbocycles. The van der Waals surface area contributed by atoms with E-state index in [1.165, 1.54) is 16.7 Å². The summed E-state index contributed by atoms with van der Waals surface area (Å²) in [6, 6.07) is 29.8. The first-order chi connectivity index (χ1) is 14.8. The molecule has 0 aromatic heterocycles. The van der Waals surface area contributed by atoms with E-state index in [2.05, 4.69) is 90.8 Å². The second kappa shape index (κ2) is 12.2. The van der Waals surface area contributed by atoms with Gasteiger partial charge in [0.2, 0.25) is 0 Å². The zero-order chi connectivity index (χ0) is 21.0. The summed E-state index contributed by atoms with van der Waals surface area (Å²) in [6.07, 6.45) is 0.976. The van der Waals surface area contributed by atoms with Crippen molar-refractivity contribution in [1.29, 1.82) is 0 Å². The van der Waals surface area contributed by atoms with Crippen LogP contribution in [0, 0.1) is 0 Å². The van der Waals surface area contributed by atoms with E-state index in [9.17, 15) is 0 Å². The monoisotopic (exact) mass is 402 g/mol. The van der Waals surface area contributed by atoms with Gasteiger partial charge in [-0.15, -0.1) is 0 Å². The highest BCUT2D eigenvalue weighted by atomic mass is 16.5. The van der Waals surface area contributed by atoms with Crippen molar-refractivity contribution in [1.82, 2.24) is 10.2 Å². The molecule has 3 aromatic carbocycles. The first-order valence-electron chi connectivity index (χ1n) is 11.0. The number of benzene rings is 3. The van der Waals surface area contributed by atoms with Crippen LogP contribution >= 0.6 is 0 Å². The van der Waals surface area contributed by atoms with Crippen molar-refractivity contribution in [2.45, 2.75) is 32.9 Å². The Hall–Kier alpha value is -2.62. The van der Waals surface area contributed by atoms with Gasteiger partial charge in [-0.3, -0.25) is 0 Å². The van der Waals surface area contributed by atoms with Gasteiger partial charge in [0.25, 0.3) is 0 Å². The molecule has 1 atom stereocenters. The van der Waals surface area contributed by atoms with Crippen molar-refractivity contribution < 1.29 is 4.74 Å². The lowest BCUT2D eigenvalue weighted by Gasteiger charge is -2.23. The molecule has 158 valence electrons. The molecule has 0 aliphatic rings. The maximum atomic E-state index is 5.96. The standard InChI is InChI=1S/C27H34N2O/c1-3-29(4-2)20-19-28-27(21-23-11-7-5-8-12-23)25-15-17-26(18-16-25)30-22-24-13-9-6-10-14-24/h5-18,27-28H,3-4,19-22H2,1-2H3/t27-/m1/s1. The van der Waals surface area contributed by atoms with Gasteiger partial charge in [0.05, 0.1) is 0 Å². The van der Waals surface area contributed by atoms with Crippen LogP contribution in [0.2, 0.25) is 0 Å². The Balaban J connectivity index is 1.63. The number of hydrogen-bond donors (Lipinski definition) is 1. The normalized spacial score (nSPS) is 12.1. The van der Waals surface area contributed by atoms with Crippen LogP contribution in [0.15, 0.2) is 84.9 Å². The minimum Gasteiger partial charge on any atom is -0.489 e. The SMILES string of the molecule is CCN(CC)CCN[C@H](Cc1ccccc1)c1ccc(OCc2ccccc2)cc1. The van der Waals surface area contributed by atoms with Gasteiger partial charge in [0.1, 0.15) is 12.4 Å². The van der Waals surface area contributed by atoms with E-state index in [-0.39, 0.29) is 6.04 Å². The number of nitrogens with zero attached hydrogens (tertiary/aromatic N) is 1. The minimum atomic E-state index is 0.283. The van der Waals surface area contributed by atoms with Crippen molar-refractivity contribution in [3.05, 3.63) is 102 Å². The summed E-state index contributed by atoms with van der Waals surface area (Å²) >= 11 is 0. The van der Waals surface area contributed by atoms with Gasteiger partial charge in [-0.2, -0.15) is 0 Å². The second-order valence-electron chi connectivity index (χ2n) is 7.57. The Kier molecular flexibility index (Phi) is 8.95. The summed E-state index contributed by atoms with van der Waals surface area (Å²) < 4.78 is 5.96. The Morgan fingerprint density at radius 1 is 0.767 bits per heavy atom. The first-order valence-corrected chi connectivity index (χ1v) is 11.0. The molecule has 3 rings (SSSR count). The van der Waals surface area contributed by atoms with Gasteiger partial charge in [-0.1, -0.05) is 86.6 Å². The fraction of sp³-hybridized carbons (Fsp3) is 0.333. The lowest BCUT2D eigenvalue weighted by molar-refractivity contribution is 0.296. The molecule has 3 aromatic rings. The summed E-state index contributed by atoms with van der Waals surface area (Å²) in [5.74, 6) is 0.907. The van der Waals surface area contributed by atoms with Crippen molar-refractivity contribution in [3.8, 4) is 5.75 Å². The van der Waals surface area contributed by atoms with Crippen LogP contribution in [-0.2, 0) is 13.0 Å². The zero-order valence-corrected chi connectivity index (χ0v) is 18.3. The number of ether oxygens (including phenoxy) is 1. The molecule has 0 amide bonds. The molecule has 0 radical (unpaired) electrons. The van der Waals surface area contributed by atoms with Crippen LogP contribution in [0.1, 0.15) is 36.6 Å². The van der Waals surface area contributed by atoms with Gasteiger partial charge in [0.15, 0.2) is 0 Å². The van der Waals surface area contributed by atoms with Crippen LogP contribution in [0.4, 0.5) is 0 Å². The van der Waals surface area contributed by atoms with E-state index in [0.29, 0.717) is 6.61 Å². The van der Waals surface area contributed by atoms with E-state index >= 15 is 0 Å². The third kappa shape index (κ3) is 7.01. The highest BCUT2D eigenvalue weighted by molar-refractivity contribution is 5.31. The molecular formula is C27H34N2O. The van der Waals surface area contributed by atoms with E-state index in [1.54, 1.807) is 0 Å². The van der Waals surface area contributed by atoms with Crippen LogP contribution in [0.5, 0.6) is 5.75 Å². The molecule has 3 nitrogen and oxygen atoms in total. The van der Waals surface area contributed by atoms with Crippen LogP contribution in [-0.4, -0.2) is 31.1 Å². The number of likely N-dealkylation sites (N-methyl/N-ethyl adjacent to an activating group) is 1. The van der Waals surface area contributed by atoms with Gasteiger partial charge in [-0.25, -0.2) is 0 Å². The largest absolute Gasteiger partial charge is 0.489 e. The summed E-state index contributed by atoms with van der Waals surface area (Å²) in [7, 11) is 0. The molecule has 0 spiro atoms. The summed E-state index contributed by atoms with van der Waals surface area (Å²) in [5.41, 5.74) is 3.83. The molecule has 0 saturated carbocycles. The predicted molar refractivity (Wildman–Crippen MR) is 126 cm³/mol. The lowest BCUT2D eigenvalue weighted by atomic mass is 9.98. The van der Waals surface area contributed by atoms with E-state index < -0.39 is 0 Å². The summed E-state index contributed by atoms with van der Waals surface area (Å²) in [4.78, 5) is 2.45. The number of nitrogens with one attached hydrogen (secondary N) is 1. The van der Waals surface area contributed by atoms with Crippen molar-refractivity contribution >= 4 is 0 Å². The maximum absolute atomic E-state index is 5.96. The quantitative estimate of drug-likeness (QED) is 0.434. The van der Waals surface area contributed by atoms with E-state index in [4.69, 9.17) is 4.74 Å². The van der Waals surface area contributed by atoms with E-state index in [0.717, 1.165) is 38.3 Å². The van der Waals surface area contributed by atoms with Gasteiger partial charge in [-0.05, 0) is 48.3 Å². The minimum absolute atomic E-state index is 0.283. The molecule has 3 heteroatoms. The molecule has 0 bridgehead atoms. The van der Waals surface area contributed by atoms with Crippen molar-refractivity contribution in [2.75, 3.05) is 26.2 Å². The van der Waals surface area contributed by atoms with Crippen LogP contribution < -0.4 is 10.1 Å². The third-order valence-corrected chi connectivity index (χ3v) is 5.53. The Morgan fingerprint density at radius 3 is 1.97 bits per heavy atom. The lowest BCUT2D eigenvalue weighted by Crippen LogP contribution is -2.34. The predicted octanol–water partition coefficient (Wildman–Crippen LogP) is 5.48. The highest BCUT2D eigenvalue weighted by Gasteiger charge is 2.13. The highest BCUT2D eigenvalue weighted by Crippen LogP contribution is 2.22. The molecular weight excluding hydrogens is 368 g/mol. The molecule has 1 N–H and O–H groups in total. The van der Waals surface area contributed by atoms with Crippen LogP contribution in [0.3, 0.4) is 0 Å². The van der Waals surface area contributed by atoms with Gasteiger partial charge < -0.3 is 15.0 Å². The third-order valence-electron chi connectivity index (χ3n) is 5.53. The fourth-order valence-electron chi connectivity index (χ4n) is 3.63. The second-order valence-corrected chi connectivity index (χ2v) is 7.57. The number of rotatable bonds is 12.